The number of benzene rings is 2. The van der Waals surface area contributed by atoms with E-state index in [1.54, 1.807) is 18.2 Å². The minimum Gasteiger partial charge on any atom is -0.347 e. The van der Waals surface area contributed by atoms with E-state index in [-0.39, 0.29) is 18.7 Å². The number of carbonyl (C=O) groups is 2. The van der Waals surface area contributed by atoms with Crippen LogP contribution in [0.1, 0.15) is 5.56 Å². The average Bonchev–Trinajstić information content (AvgIpc) is 2.51. The third kappa shape index (κ3) is 4.57. The van der Waals surface area contributed by atoms with E-state index < -0.39 is 29.3 Å². The summed E-state index contributed by atoms with van der Waals surface area (Å²) < 4.78 is 39.5. The van der Waals surface area contributed by atoms with Gasteiger partial charge in [-0.2, -0.15) is 0 Å². The lowest BCUT2D eigenvalue weighted by molar-refractivity contribution is -0.136. The van der Waals surface area contributed by atoms with E-state index in [9.17, 15) is 22.8 Å². The van der Waals surface area contributed by atoms with Crippen molar-refractivity contribution in [1.82, 2.24) is 5.32 Å². The summed E-state index contributed by atoms with van der Waals surface area (Å²) in [5, 5.41) is 4.33. The fourth-order valence-corrected chi connectivity index (χ4v) is 1.86. The highest BCUT2D eigenvalue weighted by atomic mass is 19.1. The Morgan fingerprint density at radius 2 is 1.65 bits per heavy atom. The van der Waals surface area contributed by atoms with Crippen LogP contribution in [0.3, 0.4) is 0 Å². The van der Waals surface area contributed by atoms with Crippen molar-refractivity contribution < 1.29 is 22.8 Å². The second-order valence-electron chi connectivity index (χ2n) is 4.68. The second kappa shape index (κ2) is 7.44. The first-order valence-corrected chi connectivity index (χ1v) is 6.75. The van der Waals surface area contributed by atoms with Crippen LogP contribution >= 0.6 is 0 Å². The molecular formula is C16H13F3N2O2. The van der Waals surface area contributed by atoms with Crippen LogP contribution in [-0.2, 0) is 16.0 Å². The summed E-state index contributed by atoms with van der Waals surface area (Å²) in [7, 11) is 0. The molecule has 2 rings (SSSR count). The molecule has 0 radical (unpaired) electrons. The molecule has 2 amide bonds. The van der Waals surface area contributed by atoms with Crippen molar-refractivity contribution in [2.75, 3.05) is 11.9 Å². The Balaban J connectivity index is 1.86. The standard InChI is InChI=1S/C16H13F3N2O2/c17-11-5-6-14(13(19)9-11)21-16(23)15(22)20-8-7-10-3-1-2-4-12(10)18/h1-6,9H,7-8H2,(H,20,22)(H,21,23). The molecule has 0 heterocycles. The van der Waals surface area contributed by atoms with Crippen molar-refractivity contribution in [3.8, 4) is 0 Å². The van der Waals surface area contributed by atoms with Gasteiger partial charge in [-0.1, -0.05) is 18.2 Å². The number of hydrogen-bond donors (Lipinski definition) is 2. The molecule has 0 bridgehead atoms. The Kier molecular flexibility index (Phi) is 5.35. The van der Waals surface area contributed by atoms with Gasteiger partial charge in [-0.3, -0.25) is 9.59 Å². The molecule has 2 N–H and O–H groups in total. The van der Waals surface area contributed by atoms with Crippen LogP contribution in [0.4, 0.5) is 18.9 Å². The van der Waals surface area contributed by atoms with Gasteiger partial charge in [0, 0.05) is 12.6 Å². The molecule has 7 heteroatoms. The van der Waals surface area contributed by atoms with Crippen molar-refractivity contribution >= 4 is 17.5 Å². The highest BCUT2D eigenvalue weighted by Gasteiger charge is 2.15. The fourth-order valence-electron chi connectivity index (χ4n) is 1.86. The number of carbonyl (C=O) groups excluding carboxylic acids is 2. The Morgan fingerprint density at radius 1 is 0.913 bits per heavy atom. The Labute approximate surface area is 130 Å². The minimum atomic E-state index is -1.09. The lowest BCUT2D eigenvalue weighted by atomic mass is 10.1. The lowest BCUT2D eigenvalue weighted by Crippen LogP contribution is -2.36. The predicted octanol–water partition coefficient (Wildman–Crippen LogP) is 2.40. The molecule has 0 unspecified atom stereocenters. The van der Waals surface area contributed by atoms with Crippen LogP contribution in [0, 0.1) is 17.5 Å². The zero-order valence-corrected chi connectivity index (χ0v) is 11.9. The van der Waals surface area contributed by atoms with Crippen LogP contribution in [0.5, 0.6) is 0 Å². The highest BCUT2D eigenvalue weighted by molar-refractivity contribution is 6.39. The van der Waals surface area contributed by atoms with Crippen molar-refractivity contribution in [1.29, 1.82) is 0 Å². The van der Waals surface area contributed by atoms with E-state index in [1.165, 1.54) is 6.07 Å². The zero-order chi connectivity index (χ0) is 16.8. The number of anilines is 1. The molecule has 2 aromatic rings. The summed E-state index contributed by atoms with van der Waals surface area (Å²) in [5.74, 6) is -4.28. The van der Waals surface area contributed by atoms with Gasteiger partial charge in [0.15, 0.2) is 0 Å². The average molecular weight is 322 g/mol. The van der Waals surface area contributed by atoms with Crippen molar-refractivity contribution in [3.63, 3.8) is 0 Å². The van der Waals surface area contributed by atoms with E-state index in [2.05, 4.69) is 5.32 Å². The van der Waals surface area contributed by atoms with Gasteiger partial charge in [-0.25, -0.2) is 13.2 Å². The summed E-state index contributed by atoms with van der Waals surface area (Å²) in [5.41, 5.74) is 0.0958. The minimum absolute atomic E-state index is 0.0408. The molecule has 0 aliphatic heterocycles. The van der Waals surface area contributed by atoms with Crippen LogP contribution in [0.15, 0.2) is 42.5 Å². The molecule has 23 heavy (non-hydrogen) atoms. The molecular weight excluding hydrogens is 309 g/mol. The quantitative estimate of drug-likeness (QED) is 0.849. The van der Waals surface area contributed by atoms with Crippen LogP contribution in [0.25, 0.3) is 0 Å². The smallest absolute Gasteiger partial charge is 0.313 e. The first kappa shape index (κ1) is 16.5. The predicted molar refractivity (Wildman–Crippen MR) is 78.1 cm³/mol. The Bertz CT molecular complexity index is 735. The van der Waals surface area contributed by atoms with E-state index >= 15 is 0 Å². The van der Waals surface area contributed by atoms with E-state index in [0.717, 1.165) is 12.1 Å². The highest BCUT2D eigenvalue weighted by Crippen LogP contribution is 2.14. The summed E-state index contributed by atoms with van der Waals surface area (Å²) in [6.45, 7) is 0.0408. The van der Waals surface area contributed by atoms with E-state index in [1.807, 2.05) is 5.32 Å². The maximum atomic E-state index is 13.4. The summed E-state index contributed by atoms with van der Waals surface area (Å²) in [4.78, 5) is 23.2. The first-order chi connectivity index (χ1) is 11.0. The van der Waals surface area contributed by atoms with Crippen molar-refractivity contribution in [3.05, 3.63) is 65.5 Å². The maximum absolute atomic E-state index is 13.4. The Hall–Kier alpha value is -2.83. The molecule has 0 spiro atoms. The Morgan fingerprint density at radius 3 is 2.35 bits per heavy atom. The second-order valence-corrected chi connectivity index (χ2v) is 4.68. The number of hydrogen-bond acceptors (Lipinski definition) is 2. The number of amides is 2. The number of halogens is 3. The zero-order valence-electron chi connectivity index (χ0n) is 11.9. The van der Waals surface area contributed by atoms with E-state index in [0.29, 0.717) is 11.6 Å². The van der Waals surface area contributed by atoms with Crippen LogP contribution in [-0.4, -0.2) is 18.4 Å². The molecule has 0 aliphatic rings. The molecule has 0 aromatic heterocycles. The van der Waals surface area contributed by atoms with Crippen LogP contribution in [0.2, 0.25) is 0 Å². The van der Waals surface area contributed by atoms with Gasteiger partial charge in [0.1, 0.15) is 17.5 Å². The molecule has 0 fully saturated rings. The monoisotopic (exact) mass is 322 g/mol. The molecule has 0 atom stereocenters. The van der Waals surface area contributed by atoms with Crippen molar-refractivity contribution in [2.45, 2.75) is 6.42 Å². The summed E-state index contributed by atoms with van der Waals surface area (Å²) in [6, 6.07) is 8.61. The topological polar surface area (TPSA) is 58.2 Å². The van der Waals surface area contributed by atoms with Gasteiger partial charge in [-0.05, 0) is 30.2 Å². The first-order valence-electron chi connectivity index (χ1n) is 6.75. The van der Waals surface area contributed by atoms with Gasteiger partial charge in [0.05, 0.1) is 5.69 Å². The summed E-state index contributed by atoms with van der Waals surface area (Å²) in [6.07, 6.45) is 0.205. The fraction of sp³-hybridized carbons (Fsp3) is 0.125. The van der Waals surface area contributed by atoms with Gasteiger partial charge < -0.3 is 10.6 Å². The SMILES string of the molecule is O=C(NCCc1ccccc1F)C(=O)Nc1ccc(F)cc1F. The van der Waals surface area contributed by atoms with Crippen molar-refractivity contribution in [2.24, 2.45) is 0 Å². The number of nitrogens with one attached hydrogen (secondary N) is 2. The van der Waals surface area contributed by atoms with Gasteiger partial charge in [0.25, 0.3) is 0 Å². The third-order valence-electron chi connectivity index (χ3n) is 3.02. The molecule has 4 nitrogen and oxygen atoms in total. The normalized spacial score (nSPS) is 10.2. The molecule has 2 aromatic carbocycles. The lowest BCUT2D eigenvalue weighted by Gasteiger charge is -2.08. The molecule has 120 valence electrons. The van der Waals surface area contributed by atoms with Gasteiger partial charge in [0.2, 0.25) is 0 Å². The molecule has 0 aliphatic carbocycles. The number of rotatable bonds is 4. The summed E-state index contributed by atoms with van der Waals surface area (Å²) >= 11 is 0. The molecule has 0 saturated heterocycles. The maximum Gasteiger partial charge on any atom is 0.313 e. The van der Waals surface area contributed by atoms with E-state index in [4.69, 9.17) is 0 Å². The van der Waals surface area contributed by atoms with Gasteiger partial charge >= 0.3 is 11.8 Å². The van der Waals surface area contributed by atoms with Gasteiger partial charge in [-0.15, -0.1) is 0 Å². The van der Waals surface area contributed by atoms with Crippen LogP contribution < -0.4 is 10.6 Å². The largest absolute Gasteiger partial charge is 0.347 e. The molecule has 0 saturated carbocycles. The third-order valence-corrected chi connectivity index (χ3v) is 3.02.